The second kappa shape index (κ2) is 14.3. The number of hydrogen-bond acceptors (Lipinski definition) is 2. The van der Waals surface area contributed by atoms with E-state index in [0.29, 0.717) is 0 Å². The molecule has 0 aliphatic carbocycles. The van der Waals surface area contributed by atoms with Crippen LogP contribution in [0.4, 0.5) is 0 Å². The maximum atomic E-state index is 6.92. The van der Waals surface area contributed by atoms with Gasteiger partial charge in [0.15, 0.2) is 0 Å². The molecule has 66 heavy (non-hydrogen) atoms. The van der Waals surface area contributed by atoms with Gasteiger partial charge in [-0.15, -0.1) is 0 Å². The first-order valence-electron chi connectivity index (χ1n) is 22.5. The number of para-hydroxylation sites is 6. The summed E-state index contributed by atoms with van der Waals surface area (Å²) >= 11 is 0. The average molecular weight is 853 g/mol. The summed E-state index contributed by atoms with van der Waals surface area (Å²) in [5.41, 5.74) is 13.2. The van der Waals surface area contributed by atoms with Gasteiger partial charge < -0.3 is 13.9 Å². The van der Waals surface area contributed by atoms with Crippen LogP contribution in [0.1, 0.15) is 26.3 Å². The zero-order chi connectivity index (χ0) is 44.3. The second-order valence-corrected chi connectivity index (χ2v) is 18.3. The van der Waals surface area contributed by atoms with Gasteiger partial charge in [-0.2, -0.15) is 0 Å². The zero-order valence-electron chi connectivity index (χ0n) is 37.1. The van der Waals surface area contributed by atoms with Crippen molar-refractivity contribution >= 4 is 76.5 Å². The first-order valence-corrected chi connectivity index (χ1v) is 22.5. The molecule has 0 saturated heterocycles. The molecule has 0 saturated carbocycles. The van der Waals surface area contributed by atoms with Crippen molar-refractivity contribution in [3.05, 3.63) is 206 Å². The third-order valence-electron chi connectivity index (χ3n) is 13.4. The number of pyridine rings is 1. The minimum absolute atomic E-state index is 0.0971. The first kappa shape index (κ1) is 38.1. The monoisotopic (exact) mass is 852 g/mol. The van der Waals surface area contributed by atoms with Crippen LogP contribution in [-0.4, -0.2) is 23.3 Å². The second-order valence-electron chi connectivity index (χ2n) is 18.3. The summed E-state index contributed by atoms with van der Waals surface area (Å²) in [6.45, 7) is 6.79. The highest BCUT2D eigenvalue weighted by atomic mass is 16.5. The number of benzene rings is 8. The van der Waals surface area contributed by atoms with E-state index in [1.807, 2.05) is 24.4 Å². The molecular weight excluding hydrogens is 809 g/mol. The van der Waals surface area contributed by atoms with Crippen molar-refractivity contribution in [1.29, 1.82) is 0 Å². The summed E-state index contributed by atoms with van der Waals surface area (Å²) in [5.74, 6) is 2.32. The molecule has 0 bridgehead atoms. The lowest BCUT2D eigenvalue weighted by Crippen LogP contribution is -2.29. The van der Waals surface area contributed by atoms with E-state index in [1.54, 1.807) is 0 Å². The molecule has 5 heterocycles. The number of nitrogens with zero attached hydrogens (tertiary/aromatic N) is 6. The van der Waals surface area contributed by atoms with Crippen LogP contribution in [0.25, 0.3) is 99.3 Å². The molecule has 5 aromatic heterocycles. The van der Waals surface area contributed by atoms with Crippen LogP contribution in [0.3, 0.4) is 0 Å². The highest BCUT2D eigenvalue weighted by molar-refractivity contribution is 6.40. The van der Waals surface area contributed by atoms with Crippen LogP contribution in [0.5, 0.6) is 11.5 Å². The van der Waals surface area contributed by atoms with Gasteiger partial charge in [-0.05, 0) is 89.8 Å². The summed E-state index contributed by atoms with van der Waals surface area (Å²) < 4.78 is 18.4. The molecule has 0 atom stereocenters. The number of imidazole rings is 1. The number of hydrogen-bond donors (Lipinski definition) is 0. The molecular formula is C59H44N6O. The van der Waals surface area contributed by atoms with E-state index in [4.69, 9.17) is 9.72 Å². The molecule has 0 unspecified atom stereocenters. The number of ether oxygens (including phenoxy) is 1. The Labute approximate surface area is 381 Å². The van der Waals surface area contributed by atoms with Gasteiger partial charge in [-0.1, -0.05) is 124 Å². The largest absolute Gasteiger partial charge is 0.458 e. The van der Waals surface area contributed by atoms with Crippen molar-refractivity contribution in [3.63, 3.8) is 0 Å². The Hall–Kier alpha value is -8.42. The van der Waals surface area contributed by atoms with Crippen molar-refractivity contribution in [1.82, 2.24) is 23.3 Å². The van der Waals surface area contributed by atoms with Crippen LogP contribution >= 0.6 is 0 Å². The topological polar surface area (TPSA) is 45.7 Å². The molecule has 8 aromatic carbocycles. The van der Waals surface area contributed by atoms with Crippen molar-refractivity contribution in [2.24, 2.45) is 7.05 Å². The third kappa shape index (κ3) is 5.62. The minimum Gasteiger partial charge on any atom is -0.458 e. The summed E-state index contributed by atoms with van der Waals surface area (Å²) in [5, 5.41) is 7.12. The first-order chi connectivity index (χ1) is 32.3. The fourth-order valence-corrected chi connectivity index (χ4v) is 10.4. The highest BCUT2D eigenvalue weighted by Gasteiger charge is 2.29. The molecule has 13 rings (SSSR count). The van der Waals surface area contributed by atoms with E-state index < -0.39 is 0 Å². The number of fused-ring (bicyclic) bond motifs is 13. The van der Waals surface area contributed by atoms with Gasteiger partial charge in [-0.3, -0.25) is 13.7 Å². The molecule has 7 heteroatoms. The van der Waals surface area contributed by atoms with Crippen molar-refractivity contribution < 1.29 is 9.30 Å². The van der Waals surface area contributed by atoms with Gasteiger partial charge in [0.25, 0.3) is 6.33 Å². The molecule has 0 N–H and O–H groups in total. The van der Waals surface area contributed by atoms with Crippen LogP contribution in [-0.2, 0) is 12.5 Å². The lowest BCUT2D eigenvalue weighted by atomic mass is 9.88. The average Bonchev–Trinajstić information content (AvgIpc) is 4.09. The van der Waals surface area contributed by atoms with Crippen LogP contribution < -0.4 is 9.30 Å². The molecule has 0 aliphatic heterocycles. The Balaban J connectivity index is 1.10. The number of aromatic nitrogens is 6. The molecule has 0 spiro atoms. The normalized spacial score (nSPS) is 12.2. The highest BCUT2D eigenvalue weighted by Crippen LogP contribution is 2.50. The molecule has 316 valence electrons. The molecule has 7 nitrogen and oxygen atoms in total. The Kier molecular flexibility index (Phi) is 8.25. The predicted octanol–water partition coefficient (Wildman–Crippen LogP) is 14.0. The van der Waals surface area contributed by atoms with Gasteiger partial charge >= 0.3 is 0 Å². The smallest absolute Gasteiger partial charge is 0.269 e. The maximum absolute atomic E-state index is 6.92. The summed E-state index contributed by atoms with van der Waals surface area (Å²) in [4.78, 5) is 5.20. The Morgan fingerprint density at radius 1 is 0.500 bits per heavy atom. The fraction of sp³-hybridized carbons (Fsp3) is 0.0847. The minimum atomic E-state index is -0.0971. The standard InChI is InChI=1S/C59H44N6O/c1-59(2,3)38-32-33-60-52(34-38)65-51-36-43(66-42-23-17-22-41(35-42)63-37-62(39-18-7-5-8-19-39)49-28-15-16-29-50(49)63)30-31-46(51)53-54-44-24-11-13-26-47(44)61(4)57(54)58-55(56(53)65)45-25-12-14-27-48(45)64(58)40-20-9-6-10-21-40/h5-36H,1-4H3. The Bertz CT molecular complexity index is 4070. The predicted molar refractivity (Wildman–Crippen MR) is 269 cm³/mol. The van der Waals surface area contributed by atoms with Crippen molar-refractivity contribution in [3.8, 4) is 34.4 Å². The van der Waals surface area contributed by atoms with Crippen molar-refractivity contribution in [2.75, 3.05) is 0 Å². The molecule has 0 amide bonds. The summed E-state index contributed by atoms with van der Waals surface area (Å²) in [7, 11) is 2.21. The van der Waals surface area contributed by atoms with Gasteiger partial charge in [0, 0.05) is 62.8 Å². The van der Waals surface area contributed by atoms with E-state index in [2.05, 4.69) is 227 Å². The third-order valence-corrected chi connectivity index (χ3v) is 13.4. The Morgan fingerprint density at radius 3 is 1.91 bits per heavy atom. The molecule has 13 aromatic rings. The van der Waals surface area contributed by atoms with Gasteiger partial charge in [0.1, 0.15) is 17.3 Å². The van der Waals surface area contributed by atoms with E-state index in [-0.39, 0.29) is 5.41 Å². The lowest BCUT2D eigenvalue weighted by Gasteiger charge is -2.20. The van der Waals surface area contributed by atoms with E-state index in [9.17, 15) is 0 Å². The van der Waals surface area contributed by atoms with Gasteiger partial charge in [0.05, 0.1) is 50.0 Å². The Morgan fingerprint density at radius 2 is 1.14 bits per heavy atom. The molecule has 0 aliphatic rings. The fourth-order valence-electron chi connectivity index (χ4n) is 10.4. The lowest BCUT2D eigenvalue weighted by molar-refractivity contribution is -0.572. The summed E-state index contributed by atoms with van der Waals surface area (Å²) in [6.07, 6.45) is 5.59. The van der Waals surface area contributed by atoms with Crippen LogP contribution in [0.15, 0.2) is 194 Å². The SMILES string of the molecule is Cn1c2ccccc2c2c3c4ccc(Oc5cccc(-[n+]6[c-]n(-c7ccccc7)c7ccccc76)c5)cc4n(-c4cc(C(C)(C)C)ccn4)c3c3c4ccccc4n(-c4ccccc4)c3c21. The van der Waals surface area contributed by atoms with E-state index in [0.717, 1.165) is 72.9 Å². The maximum Gasteiger partial charge on any atom is 0.269 e. The molecule has 0 fully saturated rings. The number of rotatable bonds is 6. The van der Waals surface area contributed by atoms with E-state index >= 15 is 0 Å². The van der Waals surface area contributed by atoms with Gasteiger partial charge in [0.2, 0.25) is 0 Å². The van der Waals surface area contributed by atoms with Gasteiger partial charge in [-0.25, -0.2) is 4.98 Å². The van der Waals surface area contributed by atoms with Crippen LogP contribution in [0, 0.1) is 6.33 Å². The molecule has 0 radical (unpaired) electrons. The quantitative estimate of drug-likeness (QED) is 0.124. The van der Waals surface area contributed by atoms with Crippen LogP contribution in [0.2, 0.25) is 0 Å². The zero-order valence-corrected chi connectivity index (χ0v) is 37.1. The summed E-state index contributed by atoms with van der Waals surface area (Å²) in [6, 6.07) is 66.5. The number of aryl methyl sites for hydroxylation is 1. The van der Waals surface area contributed by atoms with E-state index in [1.165, 1.54) is 43.5 Å². The van der Waals surface area contributed by atoms with Crippen molar-refractivity contribution in [2.45, 2.75) is 26.2 Å².